The third kappa shape index (κ3) is 3.29. The SMILES string of the molecule is C[C@@H](O)[C@H]1OC[C@H](O)[C@H]1O[Si](C)(C)C(C)(C)C. The van der Waals surface area contributed by atoms with Crippen LogP contribution >= 0.6 is 0 Å². The molecule has 1 saturated heterocycles. The van der Waals surface area contributed by atoms with E-state index in [1.54, 1.807) is 6.92 Å². The average Bonchev–Trinajstić information content (AvgIpc) is 2.45. The molecule has 1 rings (SSSR count). The van der Waals surface area contributed by atoms with Crippen molar-refractivity contribution >= 4 is 8.32 Å². The van der Waals surface area contributed by atoms with Crippen LogP contribution in [0.3, 0.4) is 0 Å². The molecule has 0 amide bonds. The van der Waals surface area contributed by atoms with Gasteiger partial charge in [0.25, 0.3) is 0 Å². The molecule has 1 heterocycles. The van der Waals surface area contributed by atoms with Crippen LogP contribution in [0.25, 0.3) is 0 Å². The maximum Gasteiger partial charge on any atom is 0.192 e. The zero-order valence-electron chi connectivity index (χ0n) is 11.7. The van der Waals surface area contributed by atoms with Gasteiger partial charge in [-0.15, -0.1) is 0 Å². The van der Waals surface area contributed by atoms with Gasteiger partial charge in [-0.2, -0.15) is 0 Å². The Morgan fingerprint density at radius 1 is 1.35 bits per heavy atom. The summed E-state index contributed by atoms with van der Waals surface area (Å²) < 4.78 is 11.5. The molecule has 0 aromatic heterocycles. The van der Waals surface area contributed by atoms with Crippen molar-refractivity contribution in [2.75, 3.05) is 6.61 Å². The lowest BCUT2D eigenvalue weighted by molar-refractivity contribution is -0.0380. The van der Waals surface area contributed by atoms with Gasteiger partial charge in [0.1, 0.15) is 18.3 Å². The molecule has 0 aliphatic carbocycles. The van der Waals surface area contributed by atoms with Gasteiger partial charge in [0.05, 0.1) is 12.7 Å². The van der Waals surface area contributed by atoms with Gasteiger partial charge >= 0.3 is 0 Å². The first-order chi connectivity index (χ1) is 7.56. The number of hydrogen-bond donors (Lipinski definition) is 2. The van der Waals surface area contributed by atoms with Crippen molar-refractivity contribution in [2.24, 2.45) is 0 Å². The number of aliphatic hydroxyl groups is 2. The Bertz CT molecular complexity index is 260. The van der Waals surface area contributed by atoms with E-state index in [0.717, 1.165) is 0 Å². The minimum absolute atomic E-state index is 0.0819. The lowest BCUT2D eigenvalue weighted by atomic mass is 10.1. The van der Waals surface area contributed by atoms with Crippen molar-refractivity contribution in [3.63, 3.8) is 0 Å². The zero-order chi connectivity index (χ0) is 13.4. The van der Waals surface area contributed by atoms with Crippen LogP contribution in [0.4, 0.5) is 0 Å². The van der Waals surface area contributed by atoms with Gasteiger partial charge in [-0.3, -0.25) is 0 Å². The van der Waals surface area contributed by atoms with Crippen molar-refractivity contribution in [3.8, 4) is 0 Å². The summed E-state index contributed by atoms with van der Waals surface area (Å²) >= 11 is 0. The Hall–Kier alpha value is 0.0569. The van der Waals surface area contributed by atoms with Gasteiger partial charge in [0.15, 0.2) is 8.32 Å². The second kappa shape index (κ2) is 4.97. The second-order valence-electron chi connectivity index (χ2n) is 6.45. The van der Waals surface area contributed by atoms with Crippen LogP contribution in [0.5, 0.6) is 0 Å². The fourth-order valence-corrected chi connectivity index (χ4v) is 3.02. The molecular formula is C12H26O4Si. The largest absolute Gasteiger partial charge is 0.408 e. The predicted octanol–water partition coefficient (Wildman–Crippen LogP) is 1.52. The maximum absolute atomic E-state index is 9.90. The van der Waals surface area contributed by atoms with Gasteiger partial charge in [-0.1, -0.05) is 20.8 Å². The fraction of sp³-hybridized carbons (Fsp3) is 1.00. The number of rotatable bonds is 3. The molecule has 0 radical (unpaired) electrons. The molecule has 0 bridgehead atoms. The lowest BCUT2D eigenvalue weighted by Crippen LogP contribution is -2.50. The standard InChI is InChI=1S/C12H26O4Si/c1-8(13)10-11(9(14)7-15-10)16-17(5,6)12(2,3)4/h8-11,13-14H,7H2,1-6H3/t8-,9+,10-,11-/m1/s1. The zero-order valence-corrected chi connectivity index (χ0v) is 12.7. The Balaban J connectivity index is 2.78. The second-order valence-corrected chi connectivity index (χ2v) is 11.2. The first-order valence-electron chi connectivity index (χ1n) is 6.22. The van der Waals surface area contributed by atoms with E-state index in [2.05, 4.69) is 33.9 Å². The summed E-state index contributed by atoms with van der Waals surface area (Å²) in [5.74, 6) is 0. The van der Waals surface area contributed by atoms with Crippen LogP contribution in [0.1, 0.15) is 27.7 Å². The molecular weight excluding hydrogens is 236 g/mol. The molecule has 2 N–H and O–H groups in total. The van der Waals surface area contributed by atoms with Crippen LogP contribution < -0.4 is 0 Å². The summed E-state index contributed by atoms with van der Waals surface area (Å²) in [5, 5.41) is 19.6. The number of aliphatic hydroxyl groups excluding tert-OH is 2. The van der Waals surface area contributed by atoms with E-state index in [0.29, 0.717) is 0 Å². The van der Waals surface area contributed by atoms with E-state index in [4.69, 9.17) is 9.16 Å². The van der Waals surface area contributed by atoms with E-state index in [-0.39, 0.29) is 11.6 Å². The highest BCUT2D eigenvalue weighted by atomic mass is 28.4. The molecule has 4 nitrogen and oxygen atoms in total. The molecule has 1 fully saturated rings. The maximum atomic E-state index is 9.90. The predicted molar refractivity (Wildman–Crippen MR) is 69.5 cm³/mol. The summed E-state index contributed by atoms with van der Waals surface area (Å²) in [6.45, 7) is 12.6. The van der Waals surface area contributed by atoms with E-state index >= 15 is 0 Å². The number of hydrogen-bond acceptors (Lipinski definition) is 4. The molecule has 0 aromatic rings. The third-order valence-corrected chi connectivity index (χ3v) is 8.35. The van der Waals surface area contributed by atoms with E-state index in [9.17, 15) is 10.2 Å². The quantitative estimate of drug-likeness (QED) is 0.757. The van der Waals surface area contributed by atoms with Crippen LogP contribution in [0, 0.1) is 0 Å². The summed E-state index contributed by atoms with van der Waals surface area (Å²) in [4.78, 5) is 0. The molecule has 0 saturated carbocycles. The highest BCUT2D eigenvalue weighted by molar-refractivity contribution is 6.74. The minimum atomic E-state index is -1.95. The topological polar surface area (TPSA) is 58.9 Å². The van der Waals surface area contributed by atoms with Crippen molar-refractivity contribution in [2.45, 2.75) is 70.2 Å². The van der Waals surface area contributed by atoms with Crippen molar-refractivity contribution in [1.29, 1.82) is 0 Å². The Kier molecular flexibility index (Phi) is 4.42. The number of ether oxygens (including phenoxy) is 1. The van der Waals surface area contributed by atoms with Crippen LogP contribution in [0.2, 0.25) is 18.1 Å². The van der Waals surface area contributed by atoms with Gasteiger partial charge in [0, 0.05) is 0 Å². The van der Waals surface area contributed by atoms with Gasteiger partial charge in [-0.05, 0) is 25.1 Å². The molecule has 0 aromatic carbocycles. The molecule has 4 atom stereocenters. The minimum Gasteiger partial charge on any atom is -0.408 e. The highest BCUT2D eigenvalue weighted by Gasteiger charge is 2.46. The lowest BCUT2D eigenvalue weighted by Gasteiger charge is -2.40. The molecule has 0 spiro atoms. The fourth-order valence-electron chi connectivity index (χ4n) is 1.69. The molecule has 102 valence electrons. The van der Waals surface area contributed by atoms with Crippen molar-refractivity contribution in [3.05, 3.63) is 0 Å². The van der Waals surface area contributed by atoms with E-state index < -0.39 is 32.7 Å². The first kappa shape index (κ1) is 15.1. The average molecular weight is 262 g/mol. The van der Waals surface area contributed by atoms with Crippen LogP contribution in [-0.2, 0) is 9.16 Å². The first-order valence-corrected chi connectivity index (χ1v) is 9.12. The van der Waals surface area contributed by atoms with Gasteiger partial charge < -0.3 is 19.4 Å². The third-order valence-electron chi connectivity index (χ3n) is 3.87. The molecule has 5 heteroatoms. The molecule has 0 unspecified atom stereocenters. The summed E-state index contributed by atoms with van der Waals surface area (Å²) in [6.07, 6.45) is -2.08. The van der Waals surface area contributed by atoms with Crippen molar-refractivity contribution in [1.82, 2.24) is 0 Å². The monoisotopic (exact) mass is 262 g/mol. The normalized spacial score (nSPS) is 32.8. The molecule has 1 aliphatic heterocycles. The summed E-state index contributed by atoms with van der Waals surface area (Å²) in [7, 11) is -1.95. The van der Waals surface area contributed by atoms with Gasteiger partial charge in [0.2, 0.25) is 0 Å². The van der Waals surface area contributed by atoms with Crippen molar-refractivity contribution < 1.29 is 19.4 Å². The van der Waals surface area contributed by atoms with E-state index in [1.165, 1.54) is 0 Å². The highest BCUT2D eigenvalue weighted by Crippen LogP contribution is 2.39. The van der Waals surface area contributed by atoms with Crippen LogP contribution in [-0.4, -0.2) is 49.6 Å². The van der Waals surface area contributed by atoms with Gasteiger partial charge in [-0.25, -0.2) is 0 Å². The molecule has 1 aliphatic rings. The smallest absolute Gasteiger partial charge is 0.192 e. The van der Waals surface area contributed by atoms with E-state index in [1.807, 2.05) is 0 Å². The Labute approximate surface area is 105 Å². The molecule has 17 heavy (non-hydrogen) atoms. The summed E-state index contributed by atoms with van der Waals surface area (Å²) in [5.41, 5.74) is 0. The Morgan fingerprint density at radius 3 is 2.29 bits per heavy atom. The summed E-state index contributed by atoms with van der Waals surface area (Å²) in [6, 6.07) is 0. The van der Waals surface area contributed by atoms with Crippen LogP contribution in [0.15, 0.2) is 0 Å². The Morgan fingerprint density at radius 2 is 1.88 bits per heavy atom.